The first-order valence-corrected chi connectivity index (χ1v) is 7.12. The third-order valence-electron chi connectivity index (χ3n) is 3.80. The molecule has 1 aromatic carbocycles. The first-order chi connectivity index (χ1) is 9.97. The lowest BCUT2D eigenvalue weighted by molar-refractivity contribution is -0.145. The van der Waals surface area contributed by atoms with Gasteiger partial charge in [0.25, 0.3) is 0 Å². The predicted molar refractivity (Wildman–Crippen MR) is 78.2 cm³/mol. The Morgan fingerprint density at radius 3 is 2.86 bits per heavy atom. The molecule has 1 fully saturated rings. The number of rotatable bonds is 4. The predicted octanol–water partition coefficient (Wildman–Crippen LogP) is 1.55. The summed E-state index contributed by atoms with van der Waals surface area (Å²) in [5.41, 5.74) is 3.20. The van der Waals surface area contributed by atoms with Gasteiger partial charge in [0.15, 0.2) is 0 Å². The fourth-order valence-corrected chi connectivity index (χ4v) is 2.61. The maximum atomic E-state index is 12.5. The molecule has 0 spiro atoms. The summed E-state index contributed by atoms with van der Waals surface area (Å²) < 4.78 is 5.30. The van der Waals surface area contributed by atoms with Crippen LogP contribution in [-0.2, 0) is 20.7 Å². The minimum absolute atomic E-state index is 0.0294. The molecule has 0 bridgehead atoms. The van der Waals surface area contributed by atoms with Crippen LogP contribution in [0.15, 0.2) is 18.2 Å². The van der Waals surface area contributed by atoms with Crippen LogP contribution in [0.4, 0.5) is 0 Å². The van der Waals surface area contributed by atoms with Gasteiger partial charge in [0.05, 0.1) is 32.1 Å². The number of hydrogen-bond acceptors (Lipinski definition) is 3. The number of carbonyl (C=O) groups excluding carboxylic acids is 1. The number of hydrogen-bond donors (Lipinski definition) is 1. The highest BCUT2D eigenvalue weighted by Crippen LogP contribution is 2.16. The van der Waals surface area contributed by atoms with Crippen LogP contribution < -0.4 is 0 Å². The molecule has 1 saturated heterocycles. The van der Waals surface area contributed by atoms with Crippen molar-refractivity contribution in [3.63, 3.8) is 0 Å². The van der Waals surface area contributed by atoms with E-state index in [1.54, 1.807) is 4.90 Å². The summed E-state index contributed by atoms with van der Waals surface area (Å²) in [5.74, 6) is -0.937. The van der Waals surface area contributed by atoms with Gasteiger partial charge in [-0.2, -0.15) is 0 Å². The van der Waals surface area contributed by atoms with Crippen LogP contribution in [0.3, 0.4) is 0 Å². The minimum Gasteiger partial charge on any atom is -0.481 e. The van der Waals surface area contributed by atoms with Crippen molar-refractivity contribution in [2.75, 3.05) is 19.8 Å². The molecule has 2 rings (SSSR count). The van der Waals surface area contributed by atoms with Crippen LogP contribution in [0.1, 0.15) is 23.1 Å². The van der Waals surface area contributed by atoms with Crippen molar-refractivity contribution in [2.45, 2.75) is 32.7 Å². The average Bonchev–Trinajstić information content (AvgIpc) is 2.42. The molecule has 0 unspecified atom stereocenters. The number of carboxylic acid groups (broad SMARTS) is 1. The number of carboxylic acids is 1. The molecule has 1 aromatic rings. The smallest absolute Gasteiger partial charge is 0.305 e. The van der Waals surface area contributed by atoms with Crippen molar-refractivity contribution in [2.24, 2.45) is 0 Å². The zero-order chi connectivity index (χ0) is 15.4. The van der Waals surface area contributed by atoms with Gasteiger partial charge in [0, 0.05) is 6.54 Å². The zero-order valence-electron chi connectivity index (χ0n) is 12.5. The maximum absolute atomic E-state index is 12.5. The fraction of sp³-hybridized carbons (Fsp3) is 0.500. The summed E-state index contributed by atoms with van der Waals surface area (Å²) in [7, 11) is 0. The number of aliphatic carboxylic acids is 1. The van der Waals surface area contributed by atoms with E-state index in [1.807, 2.05) is 32.0 Å². The lowest BCUT2D eigenvalue weighted by Crippen LogP contribution is -2.50. The monoisotopic (exact) mass is 291 g/mol. The second-order valence-electron chi connectivity index (χ2n) is 5.52. The largest absolute Gasteiger partial charge is 0.481 e. The number of ether oxygens (including phenoxy) is 1. The lowest BCUT2D eigenvalue weighted by Gasteiger charge is -2.35. The molecule has 1 atom stereocenters. The van der Waals surface area contributed by atoms with E-state index in [0.717, 1.165) is 16.7 Å². The molecule has 1 amide bonds. The third-order valence-corrected chi connectivity index (χ3v) is 3.80. The minimum atomic E-state index is -0.907. The van der Waals surface area contributed by atoms with Gasteiger partial charge in [-0.05, 0) is 25.0 Å². The van der Waals surface area contributed by atoms with Crippen molar-refractivity contribution in [1.29, 1.82) is 0 Å². The Hall–Kier alpha value is -1.88. The lowest BCUT2D eigenvalue weighted by atomic mass is 10.0. The first kappa shape index (κ1) is 15.5. The van der Waals surface area contributed by atoms with Crippen molar-refractivity contribution in [3.05, 3.63) is 34.9 Å². The van der Waals surface area contributed by atoms with Crippen LogP contribution in [-0.4, -0.2) is 47.7 Å². The molecular formula is C16H21NO4. The number of morpholine rings is 1. The Bertz CT molecular complexity index is 541. The SMILES string of the molecule is Cc1ccc(C)c(CC(=O)N2CCOC[C@@H]2CC(=O)O)c1. The Labute approximate surface area is 124 Å². The molecule has 5 heteroatoms. The average molecular weight is 291 g/mol. The normalized spacial score (nSPS) is 18.6. The van der Waals surface area contributed by atoms with Crippen molar-refractivity contribution < 1.29 is 19.4 Å². The van der Waals surface area contributed by atoms with Crippen LogP contribution in [0.25, 0.3) is 0 Å². The van der Waals surface area contributed by atoms with E-state index in [2.05, 4.69) is 0 Å². The van der Waals surface area contributed by atoms with E-state index in [4.69, 9.17) is 9.84 Å². The first-order valence-electron chi connectivity index (χ1n) is 7.12. The summed E-state index contributed by atoms with van der Waals surface area (Å²) in [6.45, 7) is 5.20. The molecular weight excluding hydrogens is 270 g/mol. The number of nitrogens with zero attached hydrogens (tertiary/aromatic N) is 1. The molecule has 1 N–H and O–H groups in total. The highest BCUT2D eigenvalue weighted by molar-refractivity contribution is 5.80. The van der Waals surface area contributed by atoms with Gasteiger partial charge in [0.1, 0.15) is 0 Å². The molecule has 1 heterocycles. The van der Waals surface area contributed by atoms with Gasteiger partial charge < -0.3 is 14.7 Å². The Morgan fingerprint density at radius 1 is 1.38 bits per heavy atom. The quantitative estimate of drug-likeness (QED) is 0.914. The van der Waals surface area contributed by atoms with Crippen LogP contribution >= 0.6 is 0 Å². The summed E-state index contributed by atoms with van der Waals surface area (Å²) in [6, 6.07) is 5.67. The van der Waals surface area contributed by atoms with Gasteiger partial charge in [-0.25, -0.2) is 0 Å². The molecule has 0 saturated carbocycles. The van der Waals surface area contributed by atoms with Gasteiger partial charge in [0.2, 0.25) is 5.91 Å². The molecule has 0 aromatic heterocycles. The third kappa shape index (κ3) is 4.04. The maximum Gasteiger partial charge on any atom is 0.305 e. The molecule has 0 aliphatic carbocycles. The van der Waals surface area contributed by atoms with E-state index >= 15 is 0 Å². The summed E-state index contributed by atoms with van der Waals surface area (Å²) in [6.07, 6.45) is 0.238. The van der Waals surface area contributed by atoms with Crippen LogP contribution in [0, 0.1) is 13.8 Å². The second kappa shape index (κ2) is 6.72. The Morgan fingerprint density at radius 2 is 2.14 bits per heavy atom. The van der Waals surface area contributed by atoms with Gasteiger partial charge >= 0.3 is 5.97 Å². The van der Waals surface area contributed by atoms with E-state index in [0.29, 0.717) is 26.2 Å². The van der Waals surface area contributed by atoms with E-state index in [-0.39, 0.29) is 18.4 Å². The van der Waals surface area contributed by atoms with E-state index in [1.165, 1.54) is 0 Å². The fourth-order valence-electron chi connectivity index (χ4n) is 2.61. The topological polar surface area (TPSA) is 66.8 Å². The van der Waals surface area contributed by atoms with E-state index in [9.17, 15) is 9.59 Å². The number of carbonyl (C=O) groups is 2. The second-order valence-corrected chi connectivity index (χ2v) is 5.52. The number of amides is 1. The number of benzene rings is 1. The molecule has 114 valence electrons. The van der Waals surface area contributed by atoms with Crippen LogP contribution in [0.5, 0.6) is 0 Å². The molecule has 1 aliphatic rings. The van der Waals surface area contributed by atoms with Gasteiger partial charge in [-0.3, -0.25) is 9.59 Å². The number of aryl methyl sites for hydroxylation is 2. The summed E-state index contributed by atoms with van der Waals surface area (Å²) in [5, 5.41) is 8.94. The standard InChI is InChI=1S/C16H21NO4/c1-11-3-4-12(2)13(7-11)8-15(18)17-5-6-21-10-14(17)9-16(19)20/h3-4,7,14H,5-6,8-10H2,1-2H3,(H,19,20)/t14-/m0/s1. The molecule has 5 nitrogen and oxygen atoms in total. The van der Waals surface area contributed by atoms with Crippen molar-refractivity contribution in [3.8, 4) is 0 Å². The highest BCUT2D eigenvalue weighted by Gasteiger charge is 2.29. The van der Waals surface area contributed by atoms with Crippen molar-refractivity contribution >= 4 is 11.9 Å². The Kier molecular flexibility index (Phi) is 4.96. The summed E-state index contributed by atoms with van der Waals surface area (Å²) in [4.78, 5) is 25.1. The summed E-state index contributed by atoms with van der Waals surface area (Å²) >= 11 is 0. The van der Waals surface area contributed by atoms with Crippen LogP contribution in [0.2, 0.25) is 0 Å². The molecule has 1 aliphatic heterocycles. The van der Waals surface area contributed by atoms with E-state index < -0.39 is 5.97 Å². The van der Waals surface area contributed by atoms with Gasteiger partial charge in [-0.15, -0.1) is 0 Å². The Balaban J connectivity index is 2.10. The van der Waals surface area contributed by atoms with Crippen molar-refractivity contribution in [1.82, 2.24) is 4.90 Å². The molecule has 0 radical (unpaired) electrons. The zero-order valence-corrected chi connectivity index (χ0v) is 12.5. The molecule has 21 heavy (non-hydrogen) atoms. The van der Waals surface area contributed by atoms with Gasteiger partial charge in [-0.1, -0.05) is 23.8 Å². The highest BCUT2D eigenvalue weighted by atomic mass is 16.5.